The minimum Gasteiger partial charge on any atom is -0.391 e. The first kappa shape index (κ1) is 13.4. The second kappa shape index (κ2) is 5.14. The molecule has 1 fully saturated rings. The maximum absolute atomic E-state index is 11.6. The molecule has 16 heavy (non-hydrogen) atoms. The normalized spacial score (nSPS) is 28.4. The third kappa shape index (κ3) is 3.45. The minimum atomic E-state index is -3.36. The maximum atomic E-state index is 11.6. The largest absolute Gasteiger partial charge is 0.391 e. The first-order valence-electron chi connectivity index (χ1n) is 5.49. The molecule has 1 saturated carbocycles. The Balaban J connectivity index is 2.57. The Morgan fingerprint density at radius 1 is 1.38 bits per heavy atom. The van der Waals surface area contributed by atoms with Gasteiger partial charge in [-0.1, -0.05) is 12.8 Å². The van der Waals surface area contributed by atoms with Crippen LogP contribution in [0.4, 0.5) is 0 Å². The van der Waals surface area contributed by atoms with E-state index in [-0.39, 0.29) is 6.04 Å². The zero-order valence-electron chi connectivity index (χ0n) is 9.64. The van der Waals surface area contributed by atoms with Gasteiger partial charge in [0.05, 0.1) is 12.1 Å². The van der Waals surface area contributed by atoms with E-state index < -0.39 is 27.1 Å². The molecule has 1 unspecified atom stereocenters. The summed E-state index contributed by atoms with van der Waals surface area (Å²) in [5.41, 5.74) is 0. The molecule has 0 bridgehead atoms. The lowest BCUT2D eigenvalue weighted by atomic mass is 9.92. The van der Waals surface area contributed by atoms with Gasteiger partial charge in [-0.15, -0.1) is 0 Å². The predicted octanol–water partition coefficient (Wildman–Crippen LogP) is -0.161. The molecule has 5 nitrogen and oxygen atoms in total. The lowest BCUT2D eigenvalue weighted by molar-refractivity contribution is -0.122. The molecule has 1 rings (SSSR count). The molecule has 0 radical (unpaired) electrons. The van der Waals surface area contributed by atoms with Crippen LogP contribution in [0.1, 0.15) is 32.6 Å². The van der Waals surface area contributed by atoms with E-state index in [1.54, 1.807) is 0 Å². The van der Waals surface area contributed by atoms with Crippen molar-refractivity contribution in [1.29, 1.82) is 0 Å². The number of aliphatic hydroxyl groups is 1. The van der Waals surface area contributed by atoms with E-state index in [2.05, 4.69) is 5.32 Å². The third-order valence-electron chi connectivity index (χ3n) is 3.07. The van der Waals surface area contributed by atoms with Crippen molar-refractivity contribution in [3.05, 3.63) is 0 Å². The molecule has 0 aromatic carbocycles. The van der Waals surface area contributed by atoms with Crippen LogP contribution >= 0.6 is 0 Å². The molecule has 1 aliphatic rings. The molecule has 0 aromatic rings. The smallest absolute Gasteiger partial charge is 0.238 e. The van der Waals surface area contributed by atoms with Gasteiger partial charge in [0, 0.05) is 6.26 Å². The van der Waals surface area contributed by atoms with Gasteiger partial charge < -0.3 is 10.4 Å². The molecule has 0 aliphatic heterocycles. The number of aliphatic hydroxyl groups excluding tert-OH is 1. The summed E-state index contributed by atoms with van der Waals surface area (Å²) in [6, 6.07) is -0.301. The van der Waals surface area contributed by atoms with Gasteiger partial charge in [-0.05, 0) is 19.8 Å². The average molecular weight is 249 g/mol. The second-order valence-electron chi connectivity index (χ2n) is 4.44. The number of sulfone groups is 1. The van der Waals surface area contributed by atoms with Crippen LogP contribution in [0.5, 0.6) is 0 Å². The van der Waals surface area contributed by atoms with Crippen molar-refractivity contribution in [2.75, 3.05) is 6.26 Å². The van der Waals surface area contributed by atoms with E-state index in [9.17, 15) is 18.3 Å². The van der Waals surface area contributed by atoms with E-state index in [1.807, 2.05) is 0 Å². The predicted molar refractivity (Wildman–Crippen MR) is 60.7 cm³/mol. The van der Waals surface area contributed by atoms with Gasteiger partial charge in [-0.25, -0.2) is 8.42 Å². The fourth-order valence-electron chi connectivity index (χ4n) is 1.77. The summed E-state index contributed by atoms with van der Waals surface area (Å²) in [6.45, 7) is 1.36. The Morgan fingerprint density at radius 3 is 2.44 bits per heavy atom. The Labute approximate surface area is 96.1 Å². The van der Waals surface area contributed by atoms with Gasteiger partial charge in [0.15, 0.2) is 9.84 Å². The SMILES string of the molecule is CC(C(=O)N[C@H]1CCCC[C@@H]1O)S(C)(=O)=O. The quantitative estimate of drug-likeness (QED) is 0.728. The number of nitrogens with one attached hydrogen (secondary N) is 1. The molecular formula is C10H19NO4S. The van der Waals surface area contributed by atoms with Gasteiger partial charge in [0.2, 0.25) is 5.91 Å². The molecular weight excluding hydrogens is 230 g/mol. The summed E-state index contributed by atoms with van der Waals surface area (Å²) in [5.74, 6) is -0.520. The van der Waals surface area contributed by atoms with Crippen LogP contribution in [0.3, 0.4) is 0 Å². The first-order valence-corrected chi connectivity index (χ1v) is 7.45. The lowest BCUT2D eigenvalue weighted by Gasteiger charge is -2.29. The zero-order chi connectivity index (χ0) is 12.3. The lowest BCUT2D eigenvalue weighted by Crippen LogP contribution is -2.49. The summed E-state index contributed by atoms with van der Waals surface area (Å²) in [5, 5.41) is 11.2. The zero-order valence-corrected chi connectivity index (χ0v) is 10.5. The average Bonchev–Trinajstić information content (AvgIpc) is 2.19. The highest BCUT2D eigenvalue weighted by Gasteiger charge is 2.29. The number of amides is 1. The number of hydrogen-bond acceptors (Lipinski definition) is 4. The van der Waals surface area contributed by atoms with Gasteiger partial charge >= 0.3 is 0 Å². The number of rotatable bonds is 3. The van der Waals surface area contributed by atoms with E-state index in [4.69, 9.17) is 0 Å². The van der Waals surface area contributed by atoms with Crippen LogP contribution in [0.15, 0.2) is 0 Å². The minimum absolute atomic E-state index is 0.301. The van der Waals surface area contributed by atoms with Crippen molar-refractivity contribution in [2.24, 2.45) is 0 Å². The fourth-order valence-corrected chi connectivity index (χ4v) is 2.23. The molecule has 0 spiro atoms. The standard InChI is InChI=1S/C10H19NO4S/c1-7(16(2,14)15)10(13)11-8-5-3-4-6-9(8)12/h7-9,12H,3-6H2,1-2H3,(H,11,13)/t7?,8-,9-/m0/s1. The molecule has 3 atom stereocenters. The molecule has 1 aliphatic carbocycles. The molecule has 0 heterocycles. The van der Waals surface area contributed by atoms with Crippen molar-refractivity contribution in [3.63, 3.8) is 0 Å². The Morgan fingerprint density at radius 2 is 1.94 bits per heavy atom. The Kier molecular flexibility index (Phi) is 4.32. The monoisotopic (exact) mass is 249 g/mol. The van der Waals surface area contributed by atoms with Crippen molar-refractivity contribution in [1.82, 2.24) is 5.32 Å². The third-order valence-corrected chi connectivity index (χ3v) is 4.57. The summed E-state index contributed by atoms with van der Waals surface area (Å²) >= 11 is 0. The topological polar surface area (TPSA) is 83.5 Å². The highest BCUT2D eigenvalue weighted by Crippen LogP contribution is 2.18. The summed E-state index contributed by atoms with van der Waals surface area (Å²) in [6.07, 6.45) is 3.77. The first-order chi connectivity index (χ1) is 7.32. The van der Waals surface area contributed by atoms with E-state index in [1.165, 1.54) is 6.92 Å². The van der Waals surface area contributed by atoms with E-state index >= 15 is 0 Å². The highest BCUT2D eigenvalue weighted by atomic mass is 32.2. The van der Waals surface area contributed by atoms with Crippen LogP contribution in [0.2, 0.25) is 0 Å². The molecule has 94 valence electrons. The fraction of sp³-hybridized carbons (Fsp3) is 0.900. The summed E-state index contributed by atoms with van der Waals surface area (Å²) < 4.78 is 22.3. The van der Waals surface area contributed by atoms with Crippen LogP contribution in [-0.4, -0.2) is 43.1 Å². The second-order valence-corrected chi connectivity index (χ2v) is 6.80. The van der Waals surface area contributed by atoms with Crippen LogP contribution in [-0.2, 0) is 14.6 Å². The summed E-state index contributed by atoms with van der Waals surface area (Å²) in [4.78, 5) is 11.6. The van der Waals surface area contributed by atoms with Crippen molar-refractivity contribution < 1.29 is 18.3 Å². The van der Waals surface area contributed by atoms with Crippen LogP contribution in [0.25, 0.3) is 0 Å². The number of carbonyl (C=O) groups excluding carboxylic acids is 1. The highest BCUT2D eigenvalue weighted by molar-refractivity contribution is 7.92. The van der Waals surface area contributed by atoms with Gasteiger partial charge in [-0.2, -0.15) is 0 Å². The molecule has 6 heteroatoms. The van der Waals surface area contributed by atoms with Crippen molar-refractivity contribution >= 4 is 15.7 Å². The number of hydrogen-bond donors (Lipinski definition) is 2. The van der Waals surface area contributed by atoms with E-state index in [0.717, 1.165) is 19.1 Å². The van der Waals surface area contributed by atoms with Gasteiger partial charge in [0.25, 0.3) is 0 Å². The van der Waals surface area contributed by atoms with Crippen LogP contribution < -0.4 is 5.32 Å². The molecule has 0 aromatic heterocycles. The molecule has 0 saturated heterocycles. The van der Waals surface area contributed by atoms with Crippen molar-refractivity contribution in [2.45, 2.75) is 50.0 Å². The Hall–Kier alpha value is -0.620. The maximum Gasteiger partial charge on any atom is 0.238 e. The summed E-state index contributed by atoms with van der Waals surface area (Å²) in [7, 11) is -3.36. The van der Waals surface area contributed by atoms with Crippen LogP contribution in [0, 0.1) is 0 Å². The van der Waals surface area contributed by atoms with Gasteiger partial charge in [0.1, 0.15) is 5.25 Å². The molecule has 2 N–H and O–H groups in total. The van der Waals surface area contributed by atoms with E-state index in [0.29, 0.717) is 12.8 Å². The Bertz CT molecular complexity index is 352. The number of carbonyl (C=O) groups is 1. The molecule has 1 amide bonds. The van der Waals surface area contributed by atoms with Crippen molar-refractivity contribution in [3.8, 4) is 0 Å². The van der Waals surface area contributed by atoms with Gasteiger partial charge in [-0.3, -0.25) is 4.79 Å².